The van der Waals surface area contributed by atoms with Crippen LogP contribution in [0.1, 0.15) is 0 Å². The van der Waals surface area contributed by atoms with Crippen LogP contribution in [-0.4, -0.2) is 17.6 Å². The van der Waals surface area contributed by atoms with Crippen LogP contribution in [0.3, 0.4) is 0 Å². The van der Waals surface area contributed by atoms with E-state index in [1.807, 2.05) is 0 Å². The van der Waals surface area contributed by atoms with Crippen molar-refractivity contribution in [1.29, 1.82) is 0 Å². The maximum absolute atomic E-state index is 2.27. The summed E-state index contributed by atoms with van der Waals surface area (Å²) >= 11 is 0. The first-order valence-electron chi connectivity index (χ1n) is 3.00. The van der Waals surface area contributed by atoms with E-state index in [9.17, 15) is 0 Å². The Morgan fingerprint density at radius 3 is 0.556 bits per heavy atom. The summed E-state index contributed by atoms with van der Waals surface area (Å²) in [4.78, 5) is 0. The van der Waals surface area contributed by atoms with E-state index in [0.29, 0.717) is 0 Å². The average Bonchev–Trinajstić information content (AvgIpc) is 1.25. The standard InChI is InChI=1S/2C3H9Si.Ti/c2*1-4(2)3;/h2*1-3H3;. The van der Waals surface area contributed by atoms with E-state index in [4.69, 9.17) is 0 Å². The minimum Gasteiger partial charge on any atom is -0.0715 e. The first-order valence-corrected chi connectivity index (χ1v) is 9.00. The first-order chi connectivity index (χ1) is 3.46. The van der Waals surface area contributed by atoms with Crippen molar-refractivity contribution in [3.63, 3.8) is 0 Å². The molecule has 54 valence electrons. The molecule has 0 aromatic rings. The summed E-state index contributed by atoms with van der Waals surface area (Å²) in [6, 6.07) is 0. The minimum atomic E-state index is 0. The van der Waals surface area contributed by atoms with Gasteiger partial charge < -0.3 is 0 Å². The van der Waals surface area contributed by atoms with E-state index in [-0.39, 0.29) is 39.3 Å². The van der Waals surface area contributed by atoms with Gasteiger partial charge in [0.1, 0.15) is 0 Å². The van der Waals surface area contributed by atoms with Crippen LogP contribution in [0.25, 0.3) is 0 Å². The minimum absolute atomic E-state index is 0. The molecule has 0 bridgehead atoms. The second-order valence-electron chi connectivity index (χ2n) is 3.00. The summed E-state index contributed by atoms with van der Waals surface area (Å²) in [5.74, 6) is 0. The molecule has 0 aliphatic carbocycles. The van der Waals surface area contributed by atoms with E-state index in [1.54, 1.807) is 0 Å². The SMILES string of the molecule is C[Si](C)C.C[Si](C)C.[Ti]. The second kappa shape index (κ2) is 11.9. The van der Waals surface area contributed by atoms with Gasteiger partial charge >= 0.3 is 0 Å². The fraction of sp³-hybridized carbons (Fsp3) is 1.00. The molecule has 0 saturated heterocycles. The Labute approximate surface area is 78.5 Å². The van der Waals surface area contributed by atoms with Crippen molar-refractivity contribution in [3.8, 4) is 0 Å². The third kappa shape index (κ3) is 355. The van der Waals surface area contributed by atoms with Crippen LogP contribution in [-0.2, 0) is 21.7 Å². The predicted octanol–water partition coefficient (Wildman–Crippen LogP) is 2.74. The molecule has 0 rings (SSSR count). The Morgan fingerprint density at radius 2 is 0.556 bits per heavy atom. The maximum atomic E-state index is 2.27. The molecular formula is C6H18Si2Ti. The summed E-state index contributed by atoms with van der Waals surface area (Å²) < 4.78 is 0. The van der Waals surface area contributed by atoms with E-state index in [0.717, 1.165) is 0 Å². The molecule has 0 fully saturated rings. The normalized spacial score (nSPS) is 8.00. The van der Waals surface area contributed by atoms with Crippen molar-refractivity contribution in [1.82, 2.24) is 0 Å². The summed E-state index contributed by atoms with van der Waals surface area (Å²) in [7, 11) is 0.241. The fourth-order valence-electron chi connectivity index (χ4n) is 0. The van der Waals surface area contributed by atoms with Crippen molar-refractivity contribution in [2.45, 2.75) is 39.3 Å². The molecule has 0 saturated carbocycles. The quantitative estimate of drug-likeness (QED) is 0.520. The molecule has 9 heavy (non-hydrogen) atoms. The summed E-state index contributed by atoms with van der Waals surface area (Å²) in [6.07, 6.45) is 0. The van der Waals surface area contributed by atoms with Crippen molar-refractivity contribution < 1.29 is 21.7 Å². The fourth-order valence-corrected chi connectivity index (χ4v) is 0. The number of hydrogen-bond donors (Lipinski definition) is 0. The average molecular weight is 194 g/mol. The van der Waals surface area contributed by atoms with Crippen LogP contribution in [0.4, 0.5) is 0 Å². The maximum Gasteiger partial charge on any atom is 0.0379 e. The van der Waals surface area contributed by atoms with Crippen LogP contribution in [0.2, 0.25) is 39.3 Å². The topological polar surface area (TPSA) is 0 Å². The van der Waals surface area contributed by atoms with Crippen molar-refractivity contribution >= 4 is 17.6 Å². The molecule has 0 nitrogen and oxygen atoms in total. The summed E-state index contributed by atoms with van der Waals surface area (Å²) in [5.41, 5.74) is 0. The molecule has 0 spiro atoms. The second-order valence-corrected chi connectivity index (χ2v) is 9.00. The van der Waals surface area contributed by atoms with Gasteiger partial charge in [-0.25, -0.2) is 0 Å². The Morgan fingerprint density at radius 1 is 0.556 bits per heavy atom. The summed E-state index contributed by atoms with van der Waals surface area (Å²) in [6.45, 7) is 13.6. The largest absolute Gasteiger partial charge is 0.0715 e. The molecule has 0 aromatic carbocycles. The molecular weight excluding hydrogens is 176 g/mol. The van der Waals surface area contributed by atoms with Crippen molar-refractivity contribution in [2.75, 3.05) is 0 Å². The number of rotatable bonds is 0. The number of hydrogen-bond acceptors (Lipinski definition) is 0. The molecule has 0 unspecified atom stereocenters. The van der Waals surface area contributed by atoms with Gasteiger partial charge in [-0.3, -0.25) is 0 Å². The van der Waals surface area contributed by atoms with Crippen molar-refractivity contribution in [3.05, 3.63) is 0 Å². The van der Waals surface area contributed by atoms with Gasteiger partial charge in [0.05, 0.1) is 0 Å². The van der Waals surface area contributed by atoms with E-state index >= 15 is 0 Å². The van der Waals surface area contributed by atoms with Crippen LogP contribution in [0, 0.1) is 0 Å². The molecule has 0 heterocycles. The van der Waals surface area contributed by atoms with Crippen molar-refractivity contribution in [2.24, 2.45) is 0 Å². The zero-order valence-electron chi connectivity index (χ0n) is 7.50. The molecule has 0 N–H and O–H groups in total. The third-order valence-corrected chi connectivity index (χ3v) is 0. The van der Waals surface area contributed by atoms with Gasteiger partial charge in [0.2, 0.25) is 0 Å². The van der Waals surface area contributed by atoms with E-state index in [1.165, 1.54) is 0 Å². The summed E-state index contributed by atoms with van der Waals surface area (Å²) in [5, 5.41) is 0. The molecule has 0 atom stereocenters. The molecule has 2 radical (unpaired) electrons. The van der Waals surface area contributed by atoms with Gasteiger partial charge in [-0.05, 0) is 0 Å². The Kier molecular flexibility index (Phi) is 22.0. The molecule has 0 amide bonds. The van der Waals surface area contributed by atoms with E-state index in [2.05, 4.69) is 39.3 Å². The van der Waals surface area contributed by atoms with Gasteiger partial charge in [0.25, 0.3) is 0 Å². The zero-order valence-corrected chi connectivity index (χ0v) is 11.1. The monoisotopic (exact) mass is 194 g/mol. The van der Waals surface area contributed by atoms with E-state index < -0.39 is 0 Å². The van der Waals surface area contributed by atoms with Gasteiger partial charge in [0, 0.05) is 39.3 Å². The smallest absolute Gasteiger partial charge is 0.0379 e. The molecule has 0 aliphatic heterocycles. The van der Waals surface area contributed by atoms with Crippen LogP contribution in [0.15, 0.2) is 0 Å². The zero-order chi connectivity index (χ0) is 7.15. The van der Waals surface area contributed by atoms with Gasteiger partial charge in [-0.1, -0.05) is 39.3 Å². The van der Waals surface area contributed by atoms with Gasteiger partial charge in [-0.2, -0.15) is 0 Å². The Hall–Kier alpha value is 1.15. The molecule has 3 heteroatoms. The third-order valence-electron chi connectivity index (χ3n) is 0. The van der Waals surface area contributed by atoms with Gasteiger partial charge in [-0.15, -0.1) is 0 Å². The Balaban J connectivity index is -0.0000000720. The van der Waals surface area contributed by atoms with Crippen LogP contribution < -0.4 is 0 Å². The molecule has 0 aliphatic rings. The Bertz CT molecular complexity index is 26.5. The van der Waals surface area contributed by atoms with Gasteiger partial charge in [0.15, 0.2) is 0 Å². The van der Waals surface area contributed by atoms with Crippen LogP contribution >= 0.6 is 0 Å². The first kappa shape index (κ1) is 16.6. The molecule has 0 aromatic heterocycles. The predicted molar refractivity (Wildman–Crippen MR) is 46.7 cm³/mol. The van der Waals surface area contributed by atoms with Crippen LogP contribution in [0.5, 0.6) is 0 Å².